The normalized spacial score (nSPS) is 28.0. The molecule has 24 heavy (non-hydrogen) atoms. The zero-order valence-corrected chi connectivity index (χ0v) is 14.3. The Labute approximate surface area is 144 Å². The minimum Gasteiger partial charge on any atom is -0.371 e. The van der Waals surface area contributed by atoms with Crippen LogP contribution in [0.5, 0.6) is 0 Å². The van der Waals surface area contributed by atoms with E-state index in [4.69, 9.17) is 4.99 Å². The van der Waals surface area contributed by atoms with E-state index in [9.17, 15) is 0 Å². The number of rotatable bonds is 4. The molecule has 2 aliphatic rings. The molecule has 0 aliphatic carbocycles. The molecule has 1 spiro atoms. The minimum absolute atomic E-state index is 0.139. The molecule has 2 atom stereocenters. The summed E-state index contributed by atoms with van der Waals surface area (Å²) in [5, 5.41) is 10.9. The third-order valence-corrected chi connectivity index (χ3v) is 4.72. The first-order valence-electron chi connectivity index (χ1n) is 8.53. The first kappa shape index (κ1) is 16.5. The Morgan fingerprint density at radius 3 is 2.83 bits per heavy atom. The average molecular weight is 322 g/mol. The van der Waals surface area contributed by atoms with Crippen molar-refractivity contribution in [1.82, 2.24) is 5.32 Å². The van der Waals surface area contributed by atoms with Crippen molar-refractivity contribution in [2.75, 3.05) is 23.7 Å². The molecule has 126 valence electrons. The number of aliphatic imine (C=N–C) groups is 1. The average Bonchev–Trinajstić information content (AvgIpc) is 2.58. The zero-order valence-electron chi connectivity index (χ0n) is 14.3. The highest BCUT2D eigenvalue weighted by Crippen LogP contribution is 2.36. The van der Waals surface area contributed by atoms with Gasteiger partial charge in [0.1, 0.15) is 5.84 Å². The van der Waals surface area contributed by atoms with Crippen molar-refractivity contribution in [3.63, 3.8) is 0 Å². The molecule has 0 aromatic heterocycles. The van der Waals surface area contributed by atoms with Gasteiger partial charge < -0.3 is 16.0 Å². The minimum atomic E-state index is -0.139. The van der Waals surface area contributed by atoms with Crippen molar-refractivity contribution in [1.29, 1.82) is 0 Å². The molecular weight excluding hydrogens is 296 g/mol. The van der Waals surface area contributed by atoms with Gasteiger partial charge in [-0.15, -0.1) is 0 Å². The molecule has 2 heterocycles. The van der Waals surface area contributed by atoms with Crippen LogP contribution in [-0.2, 0) is 0 Å². The first-order chi connectivity index (χ1) is 11.7. The maximum atomic E-state index is 4.91. The summed E-state index contributed by atoms with van der Waals surface area (Å²) in [6.07, 6.45) is 7.59. The number of amidine groups is 1. The summed E-state index contributed by atoms with van der Waals surface area (Å²) in [6, 6.07) is 8.77. The molecule has 2 unspecified atom stereocenters. The number of fused-ring (bicyclic) bond motifs is 1. The molecule has 0 saturated carbocycles. The lowest BCUT2D eigenvalue weighted by Gasteiger charge is -2.46. The predicted molar refractivity (Wildman–Crippen MR) is 104 cm³/mol. The molecule has 1 saturated heterocycles. The SMILES string of the molecule is C=C/C=C(\C=C)CN=C1Nc2ccccc2NC12CCNC(C)C2. The van der Waals surface area contributed by atoms with Gasteiger partial charge >= 0.3 is 0 Å². The molecule has 1 fully saturated rings. The van der Waals surface area contributed by atoms with E-state index in [0.717, 1.165) is 42.2 Å². The maximum Gasteiger partial charge on any atom is 0.127 e. The molecule has 1 aromatic carbocycles. The molecule has 4 heteroatoms. The lowest BCUT2D eigenvalue weighted by Crippen LogP contribution is -2.60. The summed E-state index contributed by atoms with van der Waals surface area (Å²) in [5.74, 6) is 1.02. The predicted octanol–water partition coefficient (Wildman–Crippen LogP) is 3.73. The van der Waals surface area contributed by atoms with Gasteiger partial charge in [-0.2, -0.15) is 0 Å². The summed E-state index contributed by atoms with van der Waals surface area (Å²) in [5.41, 5.74) is 3.16. The third kappa shape index (κ3) is 3.29. The quantitative estimate of drug-likeness (QED) is 0.740. The van der Waals surface area contributed by atoms with E-state index >= 15 is 0 Å². The molecule has 2 aliphatic heterocycles. The van der Waals surface area contributed by atoms with Crippen LogP contribution in [0.25, 0.3) is 0 Å². The van der Waals surface area contributed by atoms with Crippen molar-refractivity contribution in [2.45, 2.75) is 31.3 Å². The topological polar surface area (TPSA) is 48.5 Å². The van der Waals surface area contributed by atoms with Gasteiger partial charge in [-0.1, -0.05) is 43.5 Å². The van der Waals surface area contributed by atoms with E-state index < -0.39 is 0 Å². The van der Waals surface area contributed by atoms with Crippen molar-refractivity contribution < 1.29 is 0 Å². The van der Waals surface area contributed by atoms with Crippen LogP contribution in [0.4, 0.5) is 11.4 Å². The van der Waals surface area contributed by atoms with E-state index in [1.807, 2.05) is 18.2 Å². The van der Waals surface area contributed by atoms with Crippen molar-refractivity contribution in [3.05, 3.63) is 61.2 Å². The highest BCUT2D eigenvalue weighted by Gasteiger charge is 2.42. The second-order valence-corrected chi connectivity index (χ2v) is 6.53. The standard InChI is InChI=1S/C20H26N4/c1-4-8-16(5-2)14-22-19-20(11-12-21-15(3)13-20)24-18-10-7-6-9-17(18)23-19/h4-10,15,21,24H,1-2,11-14H2,3H3,(H,22,23)/b16-8+. The van der Waals surface area contributed by atoms with Crippen LogP contribution in [-0.4, -0.2) is 30.5 Å². The van der Waals surface area contributed by atoms with Crippen LogP contribution in [0.1, 0.15) is 19.8 Å². The number of allylic oxidation sites excluding steroid dienone is 2. The van der Waals surface area contributed by atoms with E-state index in [1.54, 1.807) is 6.08 Å². The largest absolute Gasteiger partial charge is 0.371 e. The third-order valence-electron chi connectivity index (χ3n) is 4.72. The number of hydrogen-bond acceptors (Lipinski definition) is 3. The lowest BCUT2D eigenvalue weighted by molar-refractivity contribution is 0.351. The molecule has 1 aromatic rings. The Morgan fingerprint density at radius 1 is 1.33 bits per heavy atom. The van der Waals surface area contributed by atoms with Crippen LogP contribution in [0.2, 0.25) is 0 Å². The number of nitrogens with zero attached hydrogens (tertiary/aromatic N) is 1. The number of para-hydroxylation sites is 2. The number of piperidine rings is 1. The summed E-state index contributed by atoms with van der Waals surface area (Å²) in [6.45, 7) is 11.4. The monoisotopic (exact) mass is 322 g/mol. The summed E-state index contributed by atoms with van der Waals surface area (Å²) in [4.78, 5) is 4.91. The van der Waals surface area contributed by atoms with E-state index in [0.29, 0.717) is 12.6 Å². The first-order valence-corrected chi connectivity index (χ1v) is 8.53. The summed E-state index contributed by atoms with van der Waals surface area (Å²) < 4.78 is 0. The molecule has 0 bridgehead atoms. The molecule has 3 N–H and O–H groups in total. The fraction of sp³-hybridized carbons (Fsp3) is 0.350. The number of hydrogen-bond donors (Lipinski definition) is 3. The molecule has 0 amide bonds. The van der Waals surface area contributed by atoms with Gasteiger partial charge in [0.15, 0.2) is 0 Å². The van der Waals surface area contributed by atoms with Gasteiger partial charge in [0.05, 0.1) is 23.5 Å². The highest BCUT2D eigenvalue weighted by atomic mass is 15.2. The smallest absolute Gasteiger partial charge is 0.127 e. The van der Waals surface area contributed by atoms with Gasteiger partial charge in [0.2, 0.25) is 0 Å². The van der Waals surface area contributed by atoms with Gasteiger partial charge in [-0.25, -0.2) is 0 Å². The van der Waals surface area contributed by atoms with Crippen molar-refractivity contribution in [2.24, 2.45) is 4.99 Å². The lowest BCUT2D eigenvalue weighted by atomic mass is 9.81. The Morgan fingerprint density at radius 2 is 2.12 bits per heavy atom. The van der Waals surface area contributed by atoms with Gasteiger partial charge in [-0.05, 0) is 44.0 Å². The summed E-state index contributed by atoms with van der Waals surface area (Å²) >= 11 is 0. The Balaban J connectivity index is 1.95. The molecular formula is C20H26N4. The van der Waals surface area contributed by atoms with Crippen molar-refractivity contribution in [3.8, 4) is 0 Å². The van der Waals surface area contributed by atoms with Crippen molar-refractivity contribution >= 4 is 17.2 Å². The number of anilines is 2. The van der Waals surface area contributed by atoms with E-state index in [1.165, 1.54) is 0 Å². The van der Waals surface area contributed by atoms with Crippen LogP contribution in [0, 0.1) is 0 Å². The van der Waals surface area contributed by atoms with E-state index in [-0.39, 0.29) is 5.54 Å². The van der Waals surface area contributed by atoms with Gasteiger partial charge in [-0.3, -0.25) is 4.99 Å². The molecule has 3 rings (SSSR count). The van der Waals surface area contributed by atoms with Crippen LogP contribution < -0.4 is 16.0 Å². The van der Waals surface area contributed by atoms with E-state index in [2.05, 4.69) is 54.2 Å². The fourth-order valence-electron chi connectivity index (χ4n) is 3.52. The second kappa shape index (κ2) is 7.05. The Hall–Kier alpha value is -2.33. The van der Waals surface area contributed by atoms with Crippen LogP contribution >= 0.6 is 0 Å². The fourth-order valence-corrected chi connectivity index (χ4v) is 3.52. The second-order valence-electron chi connectivity index (χ2n) is 6.53. The number of nitrogens with one attached hydrogen (secondary N) is 3. The number of benzene rings is 1. The highest BCUT2D eigenvalue weighted by molar-refractivity contribution is 6.09. The van der Waals surface area contributed by atoms with Crippen LogP contribution in [0.15, 0.2) is 66.2 Å². The maximum absolute atomic E-state index is 4.91. The molecule has 0 radical (unpaired) electrons. The Kier molecular flexibility index (Phi) is 4.86. The van der Waals surface area contributed by atoms with Gasteiger partial charge in [0, 0.05) is 6.04 Å². The summed E-state index contributed by atoms with van der Waals surface area (Å²) in [7, 11) is 0. The molecule has 4 nitrogen and oxygen atoms in total. The Bertz CT molecular complexity index is 689. The van der Waals surface area contributed by atoms with Crippen LogP contribution in [0.3, 0.4) is 0 Å². The van der Waals surface area contributed by atoms with Gasteiger partial charge in [0.25, 0.3) is 0 Å². The zero-order chi connectivity index (χ0) is 17.0.